The van der Waals surface area contributed by atoms with E-state index in [4.69, 9.17) is 32.7 Å². The Hall–Kier alpha value is -1.42. The van der Waals surface area contributed by atoms with Gasteiger partial charge in [0.1, 0.15) is 19.0 Å². The molecule has 0 aliphatic rings. The zero-order chi connectivity index (χ0) is 17.4. The Labute approximate surface area is 154 Å². The first-order chi connectivity index (χ1) is 11.6. The zero-order valence-corrected chi connectivity index (χ0v) is 15.6. The van der Waals surface area contributed by atoms with Crippen LogP contribution in [0.15, 0.2) is 42.5 Å². The van der Waals surface area contributed by atoms with Crippen LogP contribution < -0.4 is 9.47 Å². The van der Waals surface area contributed by atoms with Gasteiger partial charge in [-0.05, 0) is 42.9 Å². The molecule has 0 saturated carbocycles. The van der Waals surface area contributed by atoms with Crippen molar-refractivity contribution >= 4 is 23.2 Å². The lowest BCUT2D eigenvalue weighted by Gasteiger charge is -2.18. The van der Waals surface area contributed by atoms with Crippen molar-refractivity contribution < 1.29 is 9.47 Å². The van der Waals surface area contributed by atoms with E-state index in [1.54, 1.807) is 18.2 Å². The molecule has 24 heavy (non-hydrogen) atoms. The highest BCUT2D eigenvalue weighted by atomic mass is 35.5. The van der Waals surface area contributed by atoms with E-state index in [9.17, 15) is 0 Å². The fourth-order valence-electron chi connectivity index (χ4n) is 2.29. The molecule has 0 radical (unpaired) electrons. The van der Waals surface area contributed by atoms with Gasteiger partial charge < -0.3 is 14.4 Å². The van der Waals surface area contributed by atoms with Crippen LogP contribution in [0.25, 0.3) is 0 Å². The smallest absolute Gasteiger partial charge is 0.156 e. The third-order valence-electron chi connectivity index (χ3n) is 3.80. The summed E-state index contributed by atoms with van der Waals surface area (Å²) in [5, 5.41) is 1.03. The number of ether oxygens (including phenoxy) is 2. The maximum Gasteiger partial charge on any atom is 0.156 e. The summed E-state index contributed by atoms with van der Waals surface area (Å²) in [5.41, 5.74) is 1.03. The molecule has 0 atom stereocenters. The largest absolute Gasteiger partial charge is 0.492 e. The lowest BCUT2D eigenvalue weighted by Crippen LogP contribution is -2.27. The zero-order valence-electron chi connectivity index (χ0n) is 14.1. The van der Waals surface area contributed by atoms with Crippen LogP contribution in [-0.4, -0.2) is 31.1 Å². The minimum atomic E-state index is 0.406. The second kappa shape index (κ2) is 9.77. The second-order valence-corrected chi connectivity index (χ2v) is 6.17. The van der Waals surface area contributed by atoms with Crippen molar-refractivity contribution in [2.75, 3.05) is 26.2 Å². The Morgan fingerprint density at radius 3 is 2.08 bits per heavy atom. The fourth-order valence-corrected chi connectivity index (χ4v) is 2.80. The molecule has 0 aromatic heterocycles. The molecule has 130 valence electrons. The predicted molar refractivity (Wildman–Crippen MR) is 101 cm³/mol. The predicted octanol–water partition coefficient (Wildman–Crippen LogP) is 5.29. The molecule has 0 amide bonds. The highest BCUT2D eigenvalue weighted by Gasteiger charge is 2.07. The van der Waals surface area contributed by atoms with Gasteiger partial charge in [-0.3, -0.25) is 0 Å². The maximum atomic E-state index is 6.09. The van der Waals surface area contributed by atoms with Crippen LogP contribution in [0.2, 0.25) is 10.0 Å². The van der Waals surface area contributed by atoms with E-state index in [-0.39, 0.29) is 0 Å². The quantitative estimate of drug-likeness (QED) is 0.600. The number of rotatable bonds is 9. The SMILES string of the molecule is CCN(CC)CCOc1ccc(COc2c(Cl)cccc2Cl)cc1. The van der Waals surface area contributed by atoms with Crippen molar-refractivity contribution in [2.24, 2.45) is 0 Å². The van der Waals surface area contributed by atoms with Gasteiger partial charge in [0.15, 0.2) is 5.75 Å². The second-order valence-electron chi connectivity index (χ2n) is 5.36. The van der Waals surface area contributed by atoms with Crippen LogP contribution in [0.5, 0.6) is 11.5 Å². The standard InChI is InChI=1S/C19H23Cl2NO2/c1-3-22(4-2)12-13-23-16-10-8-15(9-11-16)14-24-19-17(20)6-5-7-18(19)21/h5-11H,3-4,12-14H2,1-2H3. The Balaban J connectivity index is 1.84. The number of likely N-dealkylation sites (N-methyl/N-ethyl adjacent to an activating group) is 1. The summed E-state index contributed by atoms with van der Waals surface area (Å²) in [4.78, 5) is 2.33. The van der Waals surface area contributed by atoms with Crippen LogP contribution >= 0.6 is 23.2 Å². The number of nitrogens with zero attached hydrogens (tertiary/aromatic N) is 1. The van der Waals surface area contributed by atoms with Gasteiger partial charge in [0.05, 0.1) is 10.0 Å². The topological polar surface area (TPSA) is 21.7 Å². The lowest BCUT2D eigenvalue weighted by atomic mass is 10.2. The van der Waals surface area contributed by atoms with Gasteiger partial charge in [0.25, 0.3) is 0 Å². The summed E-state index contributed by atoms with van der Waals surface area (Å²) in [5.74, 6) is 1.38. The molecule has 0 aliphatic heterocycles. The van der Waals surface area contributed by atoms with Crippen molar-refractivity contribution in [3.05, 3.63) is 58.1 Å². The maximum absolute atomic E-state index is 6.09. The highest BCUT2D eigenvalue weighted by Crippen LogP contribution is 2.32. The molecular formula is C19H23Cl2NO2. The van der Waals surface area contributed by atoms with Gasteiger partial charge in [0.2, 0.25) is 0 Å². The first kappa shape index (κ1) is 18.9. The summed E-state index contributed by atoms with van der Waals surface area (Å²) in [6, 6.07) is 13.2. The molecule has 2 aromatic carbocycles. The lowest BCUT2D eigenvalue weighted by molar-refractivity contribution is 0.222. The third kappa shape index (κ3) is 5.59. The van der Waals surface area contributed by atoms with Crippen molar-refractivity contribution in [1.82, 2.24) is 4.90 Å². The molecule has 0 unspecified atom stereocenters. The molecule has 5 heteroatoms. The Bertz CT molecular complexity index is 608. The number of hydrogen-bond acceptors (Lipinski definition) is 3. The minimum Gasteiger partial charge on any atom is -0.492 e. The van der Waals surface area contributed by atoms with Gasteiger partial charge in [0, 0.05) is 6.54 Å². The van der Waals surface area contributed by atoms with Crippen molar-refractivity contribution in [3.8, 4) is 11.5 Å². The molecular weight excluding hydrogens is 345 g/mol. The molecule has 0 saturated heterocycles. The molecule has 3 nitrogen and oxygen atoms in total. The van der Waals surface area contributed by atoms with Gasteiger partial charge in [-0.15, -0.1) is 0 Å². The molecule has 0 N–H and O–H groups in total. The van der Waals surface area contributed by atoms with E-state index in [1.165, 1.54) is 0 Å². The van der Waals surface area contributed by atoms with Gasteiger partial charge in [-0.25, -0.2) is 0 Å². The molecule has 2 aromatic rings. The Kier molecular flexibility index (Phi) is 7.70. The Morgan fingerprint density at radius 2 is 1.50 bits per heavy atom. The van der Waals surface area contributed by atoms with Crippen molar-refractivity contribution in [2.45, 2.75) is 20.5 Å². The molecule has 2 rings (SSSR count). The molecule has 0 fully saturated rings. The van der Waals surface area contributed by atoms with E-state index in [0.717, 1.165) is 30.9 Å². The first-order valence-corrected chi connectivity index (χ1v) is 8.90. The summed E-state index contributed by atoms with van der Waals surface area (Å²) in [7, 11) is 0. The van der Waals surface area contributed by atoms with Crippen LogP contribution in [0.1, 0.15) is 19.4 Å². The first-order valence-electron chi connectivity index (χ1n) is 8.15. The monoisotopic (exact) mass is 367 g/mol. The highest BCUT2D eigenvalue weighted by molar-refractivity contribution is 6.37. The van der Waals surface area contributed by atoms with Crippen LogP contribution in [-0.2, 0) is 6.61 Å². The minimum absolute atomic E-state index is 0.406. The van der Waals surface area contributed by atoms with E-state index in [2.05, 4.69) is 18.7 Å². The van der Waals surface area contributed by atoms with Crippen molar-refractivity contribution in [1.29, 1.82) is 0 Å². The molecule has 0 bridgehead atoms. The van der Waals surface area contributed by atoms with Crippen molar-refractivity contribution in [3.63, 3.8) is 0 Å². The summed E-state index contributed by atoms with van der Waals surface area (Å²) < 4.78 is 11.5. The summed E-state index contributed by atoms with van der Waals surface area (Å²) >= 11 is 12.2. The van der Waals surface area contributed by atoms with Crippen LogP contribution in [0.4, 0.5) is 0 Å². The number of para-hydroxylation sites is 1. The van der Waals surface area contributed by atoms with E-state index in [0.29, 0.717) is 29.0 Å². The van der Waals surface area contributed by atoms with Crippen LogP contribution in [0, 0.1) is 0 Å². The van der Waals surface area contributed by atoms with Crippen LogP contribution in [0.3, 0.4) is 0 Å². The van der Waals surface area contributed by atoms with E-state index in [1.807, 2.05) is 24.3 Å². The summed E-state index contributed by atoms with van der Waals surface area (Å²) in [6.07, 6.45) is 0. The average molecular weight is 368 g/mol. The van der Waals surface area contributed by atoms with E-state index >= 15 is 0 Å². The van der Waals surface area contributed by atoms with Gasteiger partial charge >= 0.3 is 0 Å². The molecule has 0 heterocycles. The fraction of sp³-hybridized carbons (Fsp3) is 0.368. The van der Waals surface area contributed by atoms with Gasteiger partial charge in [-0.1, -0.05) is 55.2 Å². The number of halogens is 2. The average Bonchev–Trinajstić information content (AvgIpc) is 2.59. The number of benzene rings is 2. The molecule has 0 spiro atoms. The van der Waals surface area contributed by atoms with Gasteiger partial charge in [-0.2, -0.15) is 0 Å². The number of hydrogen-bond donors (Lipinski definition) is 0. The normalized spacial score (nSPS) is 10.9. The third-order valence-corrected chi connectivity index (χ3v) is 4.39. The Morgan fingerprint density at radius 1 is 0.875 bits per heavy atom. The summed E-state index contributed by atoms with van der Waals surface area (Å²) in [6.45, 7) is 8.42. The molecule has 0 aliphatic carbocycles. The van der Waals surface area contributed by atoms with E-state index < -0.39 is 0 Å².